The van der Waals surface area contributed by atoms with Gasteiger partial charge < -0.3 is 10.1 Å². The Bertz CT molecular complexity index is 541. The van der Waals surface area contributed by atoms with Crippen LogP contribution in [0.2, 0.25) is 0 Å². The maximum atomic E-state index is 13.8. The van der Waals surface area contributed by atoms with Gasteiger partial charge in [0.2, 0.25) is 0 Å². The van der Waals surface area contributed by atoms with Crippen LogP contribution in [-0.4, -0.2) is 24.6 Å². The van der Waals surface area contributed by atoms with Gasteiger partial charge in [0.1, 0.15) is 11.6 Å². The third-order valence-corrected chi connectivity index (χ3v) is 5.66. The molecule has 114 valence electrons. The summed E-state index contributed by atoms with van der Waals surface area (Å²) >= 11 is 1.72. The normalized spacial score (nSPS) is 21.0. The van der Waals surface area contributed by atoms with Crippen molar-refractivity contribution in [2.45, 2.75) is 32.1 Å². The van der Waals surface area contributed by atoms with Crippen LogP contribution < -0.4 is 10.1 Å². The van der Waals surface area contributed by atoms with E-state index in [9.17, 15) is 4.39 Å². The number of hydrogen-bond acceptors (Lipinski definition) is 4. The molecule has 3 rings (SSSR count). The Kier molecular flexibility index (Phi) is 4.38. The summed E-state index contributed by atoms with van der Waals surface area (Å²) in [6, 6.07) is 4.70. The SMILES string of the molecule is COc1ccc(F)c(NC2=NCC3(CCCCC3)CS2)c1. The molecule has 0 aromatic heterocycles. The summed E-state index contributed by atoms with van der Waals surface area (Å²) in [6.07, 6.45) is 6.57. The van der Waals surface area contributed by atoms with Gasteiger partial charge in [-0.25, -0.2) is 4.39 Å². The lowest BCUT2D eigenvalue weighted by Crippen LogP contribution is -2.35. The van der Waals surface area contributed by atoms with Gasteiger partial charge >= 0.3 is 0 Å². The molecule has 21 heavy (non-hydrogen) atoms. The monoisotopic (exact) mass is 308 g/mol. The van der Waals surface area contributed by atoms with E-state index in [-0.39, 0.29) is 5.82 Å². The molecule has 1 fully saturated rings. The van der Waals surface area contributed by atoms with E-state index < -0.39 is 0 Å². The van der Waals surface area contributed by atoms with Gasteiger partial charge in [0, 0.05) is 18.4 Å². The molecule has 5 heteroatoms. The van der Waals surface area contributed by atoms with Crippen LogP contribution in [0.15, 0.2) is 23.2 Å². The summed E-state index contributed by atoms with van der Waals surface area (Å²) in [4.78, 5) is 4.66. The molecule has 1 aliphatic carbocycles. The predicted octanol–water partition coefficient (Wildman–Crippen LogP) is 4.30. The average molecular weight is 308 g/mol. The molecule has 1 aliphatic heterocycles. The van der Waals surface area contributed by atoms with Crippen LogP contribution >= 0.6 is 11.8 Å². The van der Waals surface area contributed by atoms with Gasteiger partial charge in [-0.1, -0.05) is 31.0 Å². The lowest BCUT2D eigenvalue weighted by atomic mass is 9.75. The number of anilines is 1. The maximum Gasteiger partial charge on any atom is 0.161 e. The molecule has 0 bridgehead atoms. The minimum Gasteiger partial charge on any atom is -0.497 e. The van der Waals surface area contributed by atoms with E-state index in [0.717, 1.165) is 17.5 Å². The highest BCUT2D eigenvalue weighted by Crippen LogP contribution is 2.42. The second-order valence-electron chi connectivity index (χ2n) is 5.94. The van der Waals surface area contributed by atoms with Gasteiger partial charge in [-0.3, -0.25) is 4.99 Å². The van der Waals surface area contributed by atoms with E-state index in [4.69, 9.17) is 4.74 Å². The minimum absolute atomic E-state index is 0.281. The fourth-order valence-electron chi connectivity index (χ4n) is 3.07. The average Bonchev–Trinajstić information content (AvgIpc) is 2.53. The minimum atomic E-state index is -0.281. The van der Waals surface area contributed by atoms with E-state index in [1.54, 1.807) is 31.0 Å². The van der Waals surface area contributed by atoms with E-state index in [1.165, 1.54) is 38.2 Å². The number of benzene rings is 1. The van der Waals surface area contributed by atoms with Gasteiger partial charge in [0.15, 0.2) is 5.17 Å². The second kappa shape index (κ2) is 6.26. The van der Waals surface area contributed by atoms with Crippen molar-refractivity contribution >= 4 is 22.6 Å². The van der Waals surface area contributed by atoms with E-state index >= 15 is 0 Å². The van der Waals surface area contributed by atoms with E-state index in [1.807, 2.05) is 0 Å². The number of rotatable bonds is 2. The molecule has 0 atom stereocenters. The summed E-state index contributed by atoms with van der Waals surface area (Å²) in [6.45, 7) is 0.869. The van der Waals surface area contributed by atoms with Crippen molar-refractivity contribution in [1.82, 2.24) is 0 Å². The Balaban J connectivity index is 1.69. The van der Waals surface area contributed by atoms with Gasteiger partial charge in [0.05, 0.1) is 12.8 Å². The molecule has 0 saturated heterocycles. The molecule has 1 saturated carbocycles. The van der Waals surface area contributed by atoms with E-state index in [2.05, 4.69) is 10.3 Å². The second-order valence-corrected chi connectivity index (χ2v) is 6.91. The third-order valence-electron chi connectivity index (χ3n) is 4.40. The lowest BCUT2D eigenvalue weighted by Gasteiger charge is -2.38. The van der Waals surface area contributed by atoms with Gasteiger partial charge in [0.25, 0.3) is 0 Å². The van der Waals surface area contributed by atoms with Gasteiger partial charge in [-0.15, -0.1) is 0 Å². The Hall–Kier alpha value is -1.23. The third kappa shape index (κ3) is 3.34. The van der Waals surface area contributed by atoms with Crippen LogP contribution in [0, 0.1) is 11.2 Å². The number of aliphatic imine (C=N–C) groups is 1. The lowest BCUT2D eigenvalue weighted by molar-refractivity contribution is 0.232. The van der Waals surface area contributed by atoms with Crippen molar-refractivity contribution in [2.75, 3.05) is 24.7 Å². The summed E-state index contributed by atoms with van der Waals surface area (Å²) in [5.41, 5.74) is 0.821. The molecular weight excluding hydrogens is 287 g/mol. The van der Waals surface area contributed by atoms with Crippen molar-refractivity contribution in [1.29, 1.82) is 0 Å². The van der Waals surface area contributed by atoms with Crippen molar-refractivity contribution in [2.24, 2.45) is 10.4 Å². The number of thioether (sulfide) groups is 1. The van der Waals surface area contributed by atoms with Crippen molar-refractivity contribution in [3.63, 3.8) is 0 Å². The van der Waals surface area contributed by atoms with Crippen LogP contribution in [0.3, 0.4) is 0 Å². The number of methoxy groups -OCH3 is 1. The number of ether oxygens (including phenoxy) is 1. The summed E-state index contributed by atoms with van der Waals surface area (Å²) in [5, 5.41) is 3.92. The number of halogens is 1. The Morgan fingerprint density at radius 2 is 2.10 bits per heavy atom. The standard InChI is InChI=1S/C16H21FN2OS/c1-20-12-5-6-13(17)14(9-12)19-15-18-10-16(11-21-15)7-3-2-4-8-16/h5-6,9H,2-4,7-8,10-11H2,1H3,(H,18,19). The van der Waals surface area contributed by atoms with Crippen LogP contribution in [0.1, 0.15) is 32.1 Å². The van der Waals surface area contributed by atoms with Crippen LogP contribution in [0.4, 0.5) is 10.1 Å². The Morgan fingerprint density at radius 3 is 2.76 bits per heavy atom. The smallest absolute Gasteiger partial charge is 0.161 e. The molecule has 0 unspecified atom stereocenters. The first kappa shape index (κ1) is 14.7. The van der Waals surface area contributed by atoms with Crippen LogP contribution in [-0.2, 0) is 0 Å². The first-order valence-corrected chi connectivity index (χ1v) is 8.47. The number of amidine groups is 1. The van der Waals surface area contributed by atoms with Gasteiger partial charge in [-0.2, -0.15) is 0 Å². The molecule has 0 amide bonds. The Labute approximate surface area is 129 Å². The number of nitrogens with zero attached hydrogens (tertiary/aromatic N) is 1. The molecule has 1 spiro atoms. The number of hydrogen-bond donors (Lipinski definition) is 1. The quantitative estimate of drug-likeness (QED) is 0.884. The topological polar surface area (TPSA) is 33.6 Å². The highest BCUT2D eigenvalue weighted by molar-refractivity contribution is 8.14. The number of nitrogens with one attached hydrogen (secondary N) is 1. The fourth-order valence-corrected chi connectivity index (χ4v) is 4.24. The molecule has 1 aromatic carbocycles. The zero-order valence-corrected chi connectivity index (χ0v) is 13.1. The zero-order chi connectivity index (χ0) is 14.7. The highest BCUT2D eigenvalue weighted by atomic mass is 32.2. The first-order chi connectivity index (χ1) is 10.2. The predicted molar refractivity (Wildman–Crippen MR) is 86.9 cm³/mol. The molecule has 2 aliphatic rings. The summed E-state index contributed by atoms with van der Waals surface area (Å²) in [5.74, 6) is 1.45. The fraction of sp³-hybridized carbons (Fsp3) is 0.562. The molecule has 3 nitrogen and oxygen atoms in total. The molecule has 1 heterocycles. The molecule has 1 aromatic rings. The first-order valence-electron chi connectivity index (χ1n) is 7.49. The van der Waals surface area contributed by atoms with Crippen molar-refractivity contribution in [3.05, 3.63) is 24.0 Å². The summed E-state index contributed by atoms with van der Waals surface area (Å²) in [7, 11) is 1.58. The molecule has 1 N–H and O–H groups in total. The van der Waals surface area contributed by atoms with Crippen molar-refractivity contribution in [3.8, 4) is 5.75 Å². The van der Waals surface area contributed by atoms with Crippen LogP contribution in [0.5, 0.6) is 5.75 Å². The maximum absolute atomic E-state index is 13.8. The van der Waals surface area contributed by atoms with Crippen LogP contribution in [0.25, 0.3) is 0 Å². The summed E-state index contributed by atoms with van der Waals surface area (Å²) < 4.78 is 19.0. The van der Waals surface area contributed by atoms with Gasteiger partial charge in [-0.05, 0) is 30.4 Å². The van der Waals surface area contributed by atoms with E-state index in [0.29, 0.717) is 16.9 Å². The highest BCUT2D eigenvalue weighted by Gasteiger charge is 2.34. The molecule has 0 radical (unpaired) electrons. The Morgan fingerprint density at radius 1 is 1.29 bits per heavy atom. The zero-order valence-electron chi connectivity index (χ0n) is 12.3. The van der Waals surface area contributed by atoms with Crippen molar-refractivity contribution < 1.29 is 9.13 Å². The molecular formula is C16H21FN2OS. The largest absolute Gasteiger partial charge is 0.497 e.